The highest BCUT2D eigenvalue weighted by atomic mass is 79.9. The Hall–Kier alpha value is -2.74. The van der Waals surface area contributed by atoms with Gasteiger partial charge in [0.15, 0.2) is 0 Å². The second-order valence-corrected chi connectivity index (χ2v) is 7.67. The largest absolute Gasteiger partial charge is 0.325 e. The number of anilines is 1. The van der Waals surface area contributed by atoms with E-state index >= 15 is 0 Å². The zero-order valence-electron chi connectivity index (χ0n) is 15.3. The average Bonchev–Trinajstić information content (AvgIpc) is 2.66. The molecule has 1 aliphatic heterocycles. The monoisotopic (exact) mass is 445 g/mol. The predicted octanol–water partition coefficient (Wildman–Crippen LogP) is 2.33. The lowest BCUT2D eigenvalue weighted by Crippen LogP contribution is -2.51. The van der Waals surface area contributed by atoms with Crippen LogP contribution in [0.5, 0.6) is 0 Å². The summed E-state index contributed by atoms with van der Waals surface area (Å²) in [6.45, 7) is 1.81. The molecule has 1 aliphatic rings. The molecule has 2 N–H and O–H groups in total. The number of carbonyl (C=O) groups is 3. The maximum Gasteiger partial charge on any atom is 0.251 e. The maximum absolute atomic E-state index is 12.4. The van der Waals surface area contributed by atoms with E-state index in [1.54, 1.807) is 36.5 Å². The van der Waals surface area contributed by atoms with Gasteiger partial charge in [-0.05, 0) is 52.5 Å². The minimum Gasteiger partial charge on any atom is -0.325 e. The molecular formula is C20H20BrN3O4. The van der Waals surface area contributed by atoms with Crippen LogP contribution in [0.3, 0.4) is 0 Å². The highest BCUT2D eigenvalue weighted by Crippen LogP contribution is 2.36. The van der Waals surface area contributed by atoms with Crippen LogP contribution in [0.25, 0.3) is 0 Å². The minimum absolute atomic E-state index is 0.108. The topological polar surface area (TPSA) is 97.3 Å². The van der Waals surface area contributed by atoms with E-state index in [4.69, 9.17) is 0 Å². The summed E-state index contributed by atoms with van der Waals surface area (Å²) in [5, 5.41) is 5.17. The van der Waals surface area contributed by atoms with Gasteiger partial charge in [0.2, 0.25) is 17.7 Å². The van der Waals surface area contributed by atoms with Gasteiger partial charge in [0.25, 0.3) is 5.56 Å². The molecule has 1 aromatic carbocycles. The van der Waals surface area contributed by atoms with Gasteiger partial charge in [0, 0.05) is 28.8 Å². The summed E-state index contributed by atoms with van der Waals surface area (Å²) < 4.78 is 2.02. The molecule has 2 aromatic rings. The number of hydrogen-bond acceptors (Lipinski definition) is 4. The summed E-state index contributed by atoms with van der Waals surface area (Å²) in [5.41, 5.74) is 0.369. The van der Waals surface area contributed by atoms with Gasteiger partial charge in [0.1, 0.15) is 6.54 Å². The number of pyridine rings is 1. The maximum atomic E-state index is 12.4. The number of benzene rings is 1. The molecule has 3 rings (SSSR count). The number of imide groups is 1. The molecule has 0 spiro atoms. The van der Waals surface area contributed by atoms with E-state index in [9.17, 15) is 19.2 Å². The van der Waals surface area contributed by atoms with Crippen LogP contribution in [0, 0.1) is 0 Å². The third-order valence-corrected chi connectivity index (χ3v) is 5.52. The molecule has 28 heavy (non-hydrogen) atoms. The Morgan fingerprint density at radius 3 is 2.54 bits per heavy atom. The van der Waals surface area contributed by atoms with Crippen LogP contribution in [-0.2, 0) is 26.3 Å². The van der Waals surface area contributed by atoms with Crippen LogP contribution in [-0.4, -0.2) is 22.3 Å². The molecule has 0 radical (unpaired) electrons. The van der Waals surface area contributed by atoms with Gasteiger partial charge < -0.3 is 9.88 Å². The van der Waals surface area contributed by atoms with E-state index < -0.39 is 5.41 Å². The second-order valence-electron chi connectivity index (χ2n) is 6.75. The summed E-state index contributed by atoms with van der Waals surface area (Å²) in [4.78, 5) is 48.0. The number of nitrogens with zero attached hydrogens (tertiary/aromatic N) is 1. The molecule has 1 aromatic heterocycles. The molecule has 7 nitrogen and oxygen atoms in total. The predicted molar refractivity (Wildman–Crippen MR) is 108 cm³/mol. The van der Waals surface area contributed by atoms with Crippen molar-refractivity contribution in [3.05, 3.63) is 63.0 Å². The number of hydrogen-bond donors (Lipinski definition) is 2. The molecule has 1 atom stereocenters. The fraction of sp³-hybridized carbons (Fsp3) is 0.300. The Labute approximate surface area is 170 Å². The van der Waals surface area contributed by atoms with Crippen molar-refractivity contribution in [2.24, 2.45) is 0 Å². The zero-order chi connectivity index (χ0) is 20.3. The molecule has 0 bridgehead atoms. The highest BCUT2D eigenvalue weighted by molar-refractivity contribution is 9.10. The number of halogens is 1. The van der Waals surface area contributed by atoms with E-state index in [-0.39, 0.29) is 29.8 Å². The molecule has 8 heteroatoms. The first-order valence-electron chi connectivity index (χ1n) is 8.95. The second kappa shape index (κ2) is 8.10. The normalized spacial score (nSPS) is 19.2. The fourth-order valence-electron chi connectivity index (χ4n) is 3.42. The van der Waals surface area contributed by atoms with Gasteiger partial charge in [-0.25, -0.2) is 0 Å². The Balaban J connectivity index is 1.73. The zero-order valence-corrected chi connectivity index (χ0v) is 16.9. The number of carbonyl (C=O) groups excluding carboxylic acids is 3. The van der Waals surface area contributed by atoms with Crippen molar-refractivity contribution in [3.63, 3.8) is 0 Å². The Bertz CT molecular complexity index is 984. The summed E-state index contributed by atoms with van der Waals surface area (Å²) in [7, 11) is 0. The quantitative estimate of drug-likeness (QED) is 0.690. The molecule has 146 valence electrons. The lowest BCUT2D eigenvalue weighted by atomic mass is 9.72. The van der Waals surface area contributed by atoms with Crippen LogP contribution in [0.4, 0.5) is 5.69 Å². The van der Waals surface area contributed by atoms with E-state index in [1.165, 1.54) is 10.6 Å². The van der Waals surface area contributed by atoms with Gasteiger partial charge in [-0.2, -0.15) is 0 Å². The molecule has 3 amide bonds. The SMILES string of the molecule is CCC1(c2ccc(NC(=O)Cn3cc(Br)ccc3=O)cc2)CCC(=O)NC1=O. The number of nitrogens with one attached hydrogen (secondary N) is 2. The molecule has 2 heterocycles. The Morgan fingerprint density at radius 1 is 1.18 bits per heavy atom. The first-order chi connectivity index (χ1) is 13.3. The molecule has 1 saturated heterocycles. The van der Waals surface area contributed by atoms with Crippen molar-refractivity contribution in [2.75, 3.05) is 5.32 Å². The first-order valence-corrected chi connectivity index (χ1v) is 9.74. The van der Waals surface area contributed by atoms with Crippen LogP contribution in [0.1, 0.15) is 31.7 Å². The minimum atomic E-state index is -0.736. The summed E-state index contributed by atoms with van der Waals surface area (Å²) >= 11 is 3.27. The third-order valence-electron chi connectivity index (χ3n) is 5.05. The van der Waals surface area contributed by atoms with E-state index in [0.717, 1.165) is 5.56 Å². The average molecular weight is 446 g/mol. The smallest absolute Gasteiger partial charge is 0.251 e. The number of piperidine rings is 1. The summed E-state index contributed by atoms with van der Waals surface area (Å²) in [5.74, 6) is -0.864. The number of rotatable bonds is 5. The molecule has 1 fully saturated rings. The Kier molecular flexibility index (Phi) is 5.79. The molecule has 0 aliphatic carbocycles. The van der Waals surface area contributed by atoms with Crippen LogP contribution in [0.2, 0.25) is 0 Å². The lowest BCUT2D eigenvalue weighted by molar-refractivity contribution is -0.138. The standard InChI is InChI=1S/C20H20BrN3O4/c1-2-20(10-9-16(25)23-19(20)28)13-3-6-15(7-4-13)22-17(26)12-24-11-14(21)5-8-18(24)27/h3-8,11H,2,9-10,12H2,1H3,(H,22,26)(H,23,25,28). The molecule has 1 unspecified atom stereocenters. The van der Waals surface area contributed by atoms with Crippen LogP contribution >= 0.6 is 15.9 Å². The van der Waals surface area contributed by atoms with Crippen molar-refractivity contribution < 1.29 is 14.4 Å². The van der Waals surface area contributed by atoms with Crippen molar-refractivity contribution in [1.29, 1.82) is 0 Å². The third kappa shape index (κ3) is 4.06. The van der Waals surface area contributed by atoms with E-state index in [0.29, 0.717) is 29.4 Å². The fourth-order valence-corrected chi connectivity index (χ4v) is 3.80. The van der Waals surface area contributed by atoms with Crippen molar-refractivity contribution >= 4 is 39.3 Å². The number of aromatic nitrogens is 1. The van der Waals surface area contributed by atoms with Gasteiger partial charge in [0.05, 0.1) is 5.41 Å². The van der Waals surface area contributed by atoms with Crippen LogP contribution in [0.15, 0.2) is 51.9 Å². The highest BCUT2D eigenvalue weighted by Gasteiger charge is 2.42. The number of amides is 3. The summed E-state index contributed by atoms with van der Waals surface area (Å²) in [6, 6.07) is 10.0. The lowest BCUT2D eigenvalue weighted by Gasteiger charge is -2.35. The Morgan fingerprint density at radius 2 is 1.89 bits per heavy atom. The van der Waals surface area contributed by atoms with Gasteiger partial charge in [-0.1, -0.05) is 19.1 Å². The van der Waals surface area contributed by atoms with Crippen molar-refractivity contribution in [1.82, 2.24) is 9.88 Å². The van der Waals surface area contributed by atoms with Crippen molar-refractivity contribution in [2.45, 2.75) is 38.1 Å². The van der Waals surface area contributed by atoms with Crippen LogP contribution < -0.4 is 16.2 Å². The van der Waals surface area contributed by atoms with Gasteiger partial charge in [-0.15, -0.1) is 0 Å². The first kappa shape index (κ1) is 20.0. The summed E-state index contributed by atoms with van der Waals surface area (Å²) in [6.07, 6.45) is 2.90. The van der Waals surface area contributed by atoms with Gasteiger partial charge >= 0.3 is 0 Å². The van der Waals surface area contributed by atoms with E-state index in [2.05, 4.69) is 26.6 Å². The molecule has 0 saturated carbocycles. The van der Waals surface area contributed by atoms with E-state index in [1.807, 2.05) is 6.92 Å². The van der Waals surface area contributed by atoms with Crippen molar-refractivity contribution in [3.8, 4) is 0 Å². The van der Waals surface area contributed by atoms with Gasteiger partial charge in [-0.3, -0.25) is 24.5 Å². The molecular weight excluding hydrogens is 426 g/mol.